The van der Waals surface area contributed by atoms with E-state index in [1.54, 1.807) is 11.8 Å². The smallest absolute Gasteiger partial charge is 0.169 e. The first-order valence-corrected chi connectivity index (χ1v) is 8.13. The summed E-state index contributed by atoms with van der Waals surface area (Å²) in [5.41, 5.74) is 2.37. The van der Waals surface area contributed by atoms with Gasteiger partial charge in [-0.15, -0.1) is 0 Å². The summed E-state index contributed by atoms with van der Waals surface area (Å²) >= 11 is 7.22. The standard InChI is InChI=1S/C15H20N2S2/c1-4-14(18)17-9-10-19-15(17)16-13-8-6-5-7-12(13)11(2)3/h5-8,11H,4,9-10H2,1-3H3. The molecule has 0 amide bonds. The van der Waals surface area contributed by atoms with Crippen molar-refractivity contribution in [3.05, 3.63) is 29.8 Å². The highest BCUT2D eigenvalue weighted by atomic mass is 32.2. The number of rotatable bonds is 3. The maximum absolute atomic E-state index is 5.42. The molecular weight excluding hydrogens is 272 g/mol. The number of thiocarbonyl (C=S) groups is 1. The minimum Gasteiger partial charge on any atom is -0.314 e. The summed E-state index contributed by atoms with van der Waals surface area (Å²) in [5.74, 6) is 1.56. The van der Waals surface area contributed by atoms with E-state index in [9.17, 15) is 0 Å². The normalized spacial score (nSPS) is 17.5. The van der Waals surface area contributed by atoms with Gasteiger partial charge in [0.15, 0.2) is 5.17 Å². The Kier molecular flexibility index (Phi) is 4.99. The van der Waals surface area contributed by atoms with E-state index < -0.39 is 0 Å². The molecule has 1 saturated heterocycles. The Bertz CT molecular complexity index is 495. The Morgan fingerprint density at radius 2 is 2.16 bits per heavy atom. The average molecular weight is 292 g/mol. The van der Waals surface area contributed by atoms with Crippen LogP contribution in [0.1, 0.15) is 38.7 Å². The number of aliphatic imine (C=N–C) groups is 1. The van der Waals surface area contributed by atoms with Crippen molar-refractivity contribution in [1.29, 1.82) is 0 Å². The molecule has 102 valence electrons. The first-order valence-electron chi connectivity index (χ1n) is 6.74. The molecule has 0 aliphatic carbocycles. The van der Waals surface area contributed by atoms with Gasteiger partial charge in [0.05, 0.1) is 10.7 Å². The number of hydrogen-bond acceptors (Lipinski definition) is 3. The van der Waals surface area contributed by atoms with Crippen LogP contribution >= 0.6 is 24.0 Å². The van der Waals surface area contributed by atoms with E-state index >= 15 is 0 Å². The predicted molar refractivity (Wildman–Crippen MR) is 89.7 cm³/mol. The molecule has 0 saturated carbocycles. The minimum atomic E-state index is 0.485. The SMILES string of the molecule is CCC(=S)N1CCSC1=Nc1ccccc1C(C)C. The van der Waals surface area contributed by atoms with Crippen LogP contribution in [0.3, 0.4) is 0 Å². The average Bonchev–Trinajstić information content (AvgIpc) is 2.86. The van der Waals surface area contributed by atoms with E-state index in [0.29, 0.717) is 5.92 Å². The second-order valence-corrected chi connectivity index (χ2v) is 6.39. The molecule has 19 heavy (non-hydrogen) atoms. The molecule has 1 aromatic rings. The Morgan fingerprint density at radius 3 is 2.84 bits per heavy atom. The first kappa shape index (κ1) is 14.5. The van der Waals surface area contributed by atoms with Gasteiger partial charge < -0.3 is 4.90 Å². The van der Waals surface area contributed by atoms with Crippen LogP contribution in [0.2, 0.25) is 0 Å². The fourth-order valence-corrected chi connectivity index (χ4v) is 3.31. The number of amidine groups is 1. The fraction of sp³-hybridized carbons (Fsp3) is 0.467. The molecule has 1 fully saturated rings. The lowest BCUT2D eigenvalue weighted by molar-refractivity contribution is 0.675. The molecule has 0 unspecified atom stereocenters. The van der Waals surface area contributed by atoms with Gasteiger partial charge in [-0.05, 0) is 24.0 Å². The summed E-state index contributed by atoms with van der Waals surface area (Å²) in [6.45, 7) is 7.50. The van der Waals surface area contributed by atoms with Gasteiger partial charge in [0, 0.05) is 12.3 Å². The Morgan fingerprint density at radius 1 is 1.42 bits per heavy atom. The van der Waals surface area contributed by atoms with Gasteiger partial charge in [-0.3, -0.25) is 0 Å². The second kappa shape index (κ2) is 6.53. The molecule has 0 spiro atoms. The molecule has 1 heterocycles. The zero-order valence-corrected chi connectivity index (χ0v) is 13.4. The summed E-state index contributed by atoms with van der Waals surface area (Å²) in [4.78, 5) is 8.02. The van der Waals surface area contributed by atoms with E-state index in [4.69, 9.17) is 17.2 Å². The number of thioether (sulfide) groups is 1. The minimum absolute atomic E-state index is 0.485. The fourth-order valence-electron chi connectivity index (χ4n) is 2.10. The number of benzene rings is 1. The van der Waals surface area contributed by atoms with Crippen molar-refractivity contribution in [1.82, 2.24) is 4.90 Å². The van der Waals surface area contributed by atoms with Crippen LogP contribution in [0.4, 0.5) is 5.69 Å². The van der Waals surface area contributed by atoms with Crippen LogP contribution < -0.4 is 0 Å². The molecule has 1 aromatic carbocycles. The molecule has 0 bridgehead atoms. The Labute approximate surface area is 125 Å². The molecule has 0 N–H and O–H groups in total. The van der Waals surface area contributed by atoms with Gasteiger partial charge in [-0.1, -0.05) is 63.0 Å². The van der Waals surface area contributed by atoms with Crippen LogP contribution in [0.25, 0.3) is 0 Å². The summed E-state index contributed by atoms with van der Waals surface area (Å²) in [7, 11) is 0. The number of hydrogen-bond donors (Lipinski definition) is 0. The van der Waals surface area contributed by atoms with Crippen molar-refractivity contribution in [3.63, 3.8) is 0 Å². The van der Waals surface area contributed by atoms with E-state index in [1.165, 1.54) is 5.56 Å². The van der Waals surface area contributed by atoms with E-state index in [0.717, 1.165) is 34.6 Å². The molecule has 0 radical (unpaired) electrons. The maximum Gasteiger partial charge on any atom is 0.169 e. The number of para-hydroxylation sites is 1. The van der Waals surface area contributed by atoms with Crippen LogP contribution in [0.15, 0.2) is 29.3 Å². The molecule has 4 heteroatoms. The molecule has 1 aliphatic rings. The predicted octanol–water partition coefficient (Wildman–Crippen LogP) is 4.58. The highest BCUT2D eigenvalue weighted by Crippen LogP contribution is 2.29. The lowest BCUT2D eigenvalue weighted by atomic mass is 10.0. The van der Waals surface area contributed by atoms with Crippen molar-refractivity contribution in [2.45, 2.75) is 33.1 Å². The summed E-state index contributed by atoms with van der Waals surface area (Å²) < 4.78 is 0. The summed E-state index contributed by atoms with van der Waals surface area (Å²) in [6, 6.07) is 8.38. The van der Waals surface area contributed by atoms with Gasteiger partial charge in [-0.25, -0.2) is 4.99 Å². The van der Waals surface area contributed by atoms with E-state index in [2.05, 4.69) is 43.9 Å². The zero-order chi connectivity index (χ0) is 13.8. The third kappa shape index (κ3) is 3.37. The largest absolute Gasteiger partial charge is 0.314 e. The van der Waals surface area contributed by atoms with Crippen molar-refractivity contribution >= 4 is 39.8 Å². The monoisotopic (exact) mass is 292 g/mol. The zero-order valence-electron chi connectivity index (χ0n) is 11.7. The molecule has 2 rings (SSSR count). The van der Waals surface area contributed by atoms with Crippen LogP contribution in [0.5, 0.6) is 0 Å². The van der Waals surface area contributed by atoms with E-state index in [-0.39, 0.29) is 0 Å². The first-order chi connectivity index (χ1) is 9.13. The van der Waals surface area contributed by atoms with Crippen molar-refractivity contribution in [2.75, 3.05) is 12.3 Å². The Balaban J connectivity index is 2.33. The maximum atomic E-state index is 5.42. The Hall–Kier alpha value is -0.870. The van der Waals surface area contributed by atoms with Crippen LogP contribution in [0, 0.1) is 0 Å². The van der Waals surface area contributed by atoms with Gasteiger partial charge >= 0.3 is 0 Å². The molecule has 0 atom stereocenters. The quantitative estimate of drug-likeness (QED) is 0.758. The van der Waals surface area contributed by atoms with Gasteiger partial charge in [0.25, 0.3) is 0 Å². The second-order valence-electron chi connectivity index (χ2n) is 4.86. The summed E-state index contributed by atoms with van der Waals surface area (Å²) in [5, 5.41) is 1.06. The lowest BCUT2D eigenvalue weighted by Gasteiger charge is -2.18. The third-order valence-electron chi connectivity index (χ3n) is 3.16. The molecule has 2 nitrogen and oxygen atoms in total. The van der Waals surface area contributed by atoms with Crippen LogP contribution in [-0.2, 0) is 0 Å². The van der Waals surface area contributed by atoms with Gasteiger partial charge in [0.1, 0.15) is 0 Å². The topological polar surface area (TPSA) is 15.6 Å². The van der Waals surface area contributed by atoms with Crippen molar-refractivity contribution in [3.8, 4) is 0 Å². The molecule has 1 aliphatic heterocycles. The van der Waals surface area contributed by atoms with Gasteiger partial charge in [-0.2, -0.15) is 0 Å². The van der Waals surface area contributed by atoms with E-state index in [1.807, 2.05) is 6.07 Å². The lowest BCUT2D eigenvalue weighted by Crippen LogP contribution is -2.29. The van der Waals surface area contributed by atoms with Crippen molar-refractivity contribution in [2.24, 2.45) is 4.99 Å². The van der Waals surface area contributed by atoms with Crippen molar-refractivity contribution < 1.29 is 0 Å². The van der Waals surface area contributed by atoms with Gasteiger partial charge in [0.2, 0.25) is 0 Å². The highest BCUT2D eigenvalue weighted by Gasteiger charge is 2.22. The molecule has 0 aromatic heterocycles. The summed E-state index contributed by atoms with van der Waals surface area (Å²) in [6.07, 6.45) is 0.904. The number of nitrogens with zero attached hydrogens (tertiary/aromatic N) is 2. The highest BCUT2D eigenvalue weighted by molar-refractivity contribution is 8.14. The van der Waals surface area contributed by atoms with Crippen LogP contribution in [-0.4, -0.2) is 27.4 Å². The molecular formula is C15H20N2S2. The third-order valence-corrected chi connectivity index (χ3v) is 4.62.